The van der Waals surface area contributed by atoms with Crippen LogP contribution < -0.4 is 4.90 Å². The Bertz CT molecular complexity index is 1640. The lowest BCUT2D eigenvalue weighted by Crippen LogP contribution is -2.31. The predicted molar refractivity (Wildman–Crippen MR) is 155 cm³/mol. The highest BCUT2D eigenvalue weighted by molar-refractivity contribution is 5.98. The van der Waals surface area contributed by atoms with Gasteiger partial charge >= 0.3 is 0 Å². The van der Waals surface area contributed by atoms with Crippen molar-refractivity contribution in [2.75, 3.05) is 11.4 Å². The Labute approximate surface area is 224 Å². The highest BCUT2D eigenvalue weighted by atomic mass is 15.3. The van der Waals surface area contributed by atoms with Crippen LogP contribution in [0.5, 0.6) is 0 Å². The Morgan fingerprint density at radius 2 is 1.82 bits per heavy atom. The molecule has 1 aliphatic heterocycles. The zero-order chi connectivity index (χ0) is 26.6. The summed E-state index contributed by atoms with van der Waals surface area (Å²) < 4.78 is 2.24. The van der Waals surface area contributed by atoms with E-state index in [2.05, 4.69) is 92.6 Å². The third-order valence-corrected chi connectivity index (χ3v) is 8.18. The van der Waals surface area contributed by atoms with E-state index < -0.39 is 0 Å². The second-order valence-electron chi connectivity index (χ2n) is 10.9. The number of nitrogens with zero attached hydrogens (tertiary/aromatic N) is 5. The van der Waals surface area contributed by atoms with Crippen LogP contribution in [-0.2, 0) is 19.4 Å². The van der Waals surface area contributed by atoms with Crippen LogP contribution in [0.4, 0.5) is 5.95 Å². The van der Waals surface area contributed by atoms with Crippen molar-refractivity contribution in [2.45, 2.75) is 66.8 Å². The number of rotatable bonds is 5. The third kappa shape index (κ3) is 3.90. The quantitative estimate of drug-likeness (QED) is 0.280. The van der Waals surface area contributed by atoms with Gasteiger partial charge in [0, 0.05) is 60.1 Å². The smallest absolute Gasteiger partial charge is 0.225 e. The predicted octanol–water partition coefficient (Wildman–Crippen LogP) is 6.98. The first kappa shape index (κ1) is 24.4. The van der Waals surface area contributed by atoms with Gasteiger partial charge in [0.25, 0.3) is 0 Å². The molecule has 0 spiro atoms. The molecule has 2 aromatic carbocycles. The van der Waals surface area contributed by atoms with Crippen LogP contribution in [0, 0.1) is 20.8 Å². The molecule has 6 nitrogen and oxygen atoms in total. The molecule has 4 heterocycles. The number of H-pyrrole nitrogens is 1. The molecule has 38 heavy (non-hydrogen) atoms. The normalized spacial score (nSPS) is 13.5. The zero-order valence-corrected chi connectivity index (χ0v) is 23.3. The minimum absolute atomic E-state index is 0.414. The number of anilines is 1. The second kappa shape index (κ2) is 9.43. The Hall–Kier alpha value is -3.93. The first-order valence-electron chi connectivity index (χ1n) is 13.7. The molecule has 0 unspecified atom stereocenters. The largest absolute Gasteiger partial charge is 0.361 e. The second-order valence-corrected chi connectivity index (χ2v) is 10.9. The number of aryl methyl sites for hydroxylation is 4. The summed E-state index contributed by atoms with van der Waals surface area (Å²) in [5.74, 6) is 1.20. The molecular weight excluding hydrogens is 468 g/mol. The zero-order valence-electron chi connectivity index (χ0n) is 23.3. The minimum atomic E-state index is 0.414. The number of fused-ring (bicyclic) bond motifs is 2. The highest BCUT2D eigenvalue weighted by Gasteiger charge is 2.29. The number of hydrogen-bond donors (Lipinski definition) is 1. The van der Waals surface area contributed by atoms with Gasteiger partial charge in [0.15, 0.2) is 0 Å². The van der Waals surface area contributed by atoms with Crippen molar-refractivity contribution >= 4 is 16.9 Å². The molecule has 0 saturated heterocycles. The van der Waals surface area contributed by atoms with E-state index in [1.54, 1.807) is 0 Å². The van der Waals surface area contributed by atoms with Crippen molar-refractivity contribution in [1.82, 2.24) is 24.7 Å². The third-order valence-electron chi connectivity index (χ3n) is 8.18. The van der Waals surface area contributed by atoms with Crippen molar-refractivity contribution in [2.24, 2.45) is 0 Å². The van der Waals surface area contributed by atoms with Gasteiger partial charge in [-0.2, -0.15) is 5.10 Å². The van der Waals surface area contributed by atoms with Crippen LogP contribution in [0.15, 0.2) is 48.9 Å². The summed E-state index contributed by atoms with van der Waals surface area (Å²) >= 11 is 0. The Kier molecular flexibility index (Phi) is 6.05. The molecule has 0 saturated carbocycles. The van der Waals surface area contributed by atoms with Crippen LogP contribution in [0.3, 0.4) is 0 Å². The highest BCUT2D eigenvalue weighted by Crippen LogP contribution is 2.40. The average molecular weight is 505 g/mol. The molecule has 0 aliphatic carbocycles. The van der Waals surface area contributed by atoms with Gasteiger partial charge < -0.3 is 9.88 Å². The summed E-state index contributed by atoms with van der Waals surface area (Å²) in [7, 11) is 0. The summed E-state index contributed by atoms with van der Waals surface area (Å²) in [6, 6.07) is 11.1. The monoisotopic (exact) mass is 504 g/mol. The molecule has 6 rings (SSSR count). The number of benzene rings is 2. The number of aromatic nitrogens is 5. The van der Waals surface area contributed by atoms with Crippen LogP contribution in [0.1, 0.15) is 65.8 Å². The van der Waals surface area contributed by atoms with E-state index >= 15 is 0 Å². The maximum absolute atomic E-state index is 5.31. The van der Waals surface area contributed by atoms with E-state index in [-0.39, 0.29) is 0 Å². The molecule has 3 aromatic heterocycles. The molecule has 0 atom stereocenters. The van der Waals surface area contributed by atoms with Crippen LogP contribution in [-0.4, -0.2) is 31.3 Å². The fourth-order valence-corrected chi connectivity index (χ4v) is 5.78. The van der Waals surface area contributed by atoms with Crippen molar-refractivity contribution in [3.63, 3.8) is 0 Å². The molecule has 0 fully saturated rings. The van der Waals surface area contributed by atoms with Crippen molar-refractivity contribution in [3.8, 4) is 16.9 Å². The SMILES string of the molecule is CCc1cccc(C)c1-n1nc2c(c1-c1cc(C)c(C)c3[nH]ccc13)CN(c1ncc(C(C)C)cn1)CC2. The molecule has 0 amide bonds. The summed E-state index contributed by atoms with van der Waals surface area (Å²) in [5.41, 5.74) is 13.5. The van der Waals surface area contributed by atoms with E-state index in [9.17, 15) is 0 Å². The van der Waals surface area contributed by atoms with E-state index in [4.69, 9.17) is 15.1 Å². The van der Waals surface area contributed by atoms with Gasteiger partial charge in [-0.05, 0) is 73.1 Å². The number of nitrogens with one attached hydrogen (secondary N) is 1. The van der Waals surface area contributed by atoms with Gasteiger partial charge in [0.1, 0.15) is 0 Å². The molecule has 6 heteroatoms. The summed E-state index contributed by atoms with van der Waals surface area (Å²) in [6.07, 6.45) is 7.81. The molecular formula is C32H36N6. The van der Waals surface area contributed by atoms with Crippen molar-refractivity contribution in [1.29, 1.82) is 0 Å². The maximum Gasteiger partial charge on any atom is 0.225 e. The topological polar surface area (TPSA) is 62.6 Å². The molecule has 0 radical (unpaired) electrons. The molecule has 0 bridgehead atoms. The van der Waals surface area contributed by atoms with E-state index in [0.717, 1.165) is 37.4 Å². The van der Waals surface area contributed by atoms with Crippen LogP contribution in [0.2, 0.25) is 0 Å². The first-order valence-corrected chi connectivity index (χ1v) is 13.7. The lowest BCUT2D eigenvalue weighted by atomic mass is 9.94. The molecule has 1 N–H and O–H groups in total. The van der Waals surface area contributed by atoms with Crippen LogP contribution >= 0.6 is 0 Å². The summed E-state index contributed by atoms with van der Waals surface area (Å²) in [4.78, 5) is 15.3. The van der Waals surface area contributed by atoms with E-state index in [0.29, 0.717) is 5.92 Å². The first-order chi connectivity index (χ1) is 18.4. The fraction of sp³-hybridized carbons (Fsp3) is 0.344. The molecule has 1 aliphatic rings. The van der Waals surface area contributed by atoms with Crippen molar-refractivity contribution < 1.29 is 0 Å². The standard InChI is InChI=1S/C32H36N6/c1-7-23-10-8-9-20(4)30(23)38-31(26-15-21(5)22(6)29-25(26)11-13-33-29)27-18-37(14-12-28(27)36-38)32-34-16-24(17-35-32)19(2)3/h8-11,13,15-17,19,33H,7,12,14,18H2,1-6H3. The average Bonchev–Trinajstić information content (AvgIpc) is 3.56. The van der Waals surface area contributed by atoms with Gasteiger partial charge in [0.05, 0.1) is 17.1 Å². The van der Waals surface area contributed by atoms with Gasteiger partial charge in [-0.1, -0.05) is 39.0 Å². The van der Waals surface area contributed by atoms with Crippen molar-refractivity contribution in [3.05, 3.63) is 88.0 Å². The van der Waals surface area contributed by atoms with Gasteiger partial charge in [-0.3, -0.25) is 0 Å². The van der Waals surface area contributed by atoms with Crippen LogP contribution in [0.25, 0.3) is 27.8 Å². The lowest BCUT2D eigenvalue weighted by molar-refractivity contribution is 0.692. The maximum atomic E-state index is 5.31. The fourth-order valence-electron chi connectivity index (χ4n) is 5.78. The summed E-state index contributed by atoms with van der Waals surface area (Å²) in [6.45, 7) is 14.8. The van der Waals surface area contributed by atoms with Gasteiger partial charge in [0.2, 0.25) is 5.95 Å². The number of para-hydroxylation sites is 1. The van der Waals surface area contributed by atoms with Gasteiger partial charge in [-0.25, -0.2) is 14.6 Å². The lowest BCUT2D eigenvalue weighted by Gasteiger charge is -2.27. The molecule has 194 valence electrons. The Morgan fingerprint density at radius 1 is 1.03 bits per heavy atom. The Balaban J connectivity index is 1.58. The Morgan fingerprint density at radius 3 is 2.55 bits per heavy atom. The van der Waals surface area contributed by atoms with E-state index in [1.165, 1.54) is 61.4 Å². The number of hydrogen-bond acceptors (Lipinski definition) is 4. The minimum Gasteiger partial charge on any atom is -0.361 e. The van der Waals surface area contributed by atoms with E-state index in [1.807, 2.05) is 12.4 Å². The summed E-state index contributed by atoms with van der Waals surface area (Å²) in [5, 5.41) is 6.55. The number of aromatic amines is 1. The van der Waals surface area contributed by atoms with Gasteiger partial charge in [-0.15, -0.1) is 0 Å². The molecule has 5 aromatic rings.